The van der Waals surface area contributed by atoms with Crippen LogP contribution in [0.5, 0.6) is 0 Å². The van der Waals surface area contributed by atoms with Crippen molar-refractivity contribution < 1.29 is 13.5 Å². The third-order valence-electron chi connectivity index (χ3n) is 3.81. The summed E-state index contributed by atoms with van der Waals surface area (Å²) >= 11 is 0. The van der Waals surface area contributed by atoms with Crippen molar-refractivity contribution in [2.24, 2.45) is 0 Å². The van der Waals surface area contributed by atoms with Gasteiger partial charge in [0.15, 0.2) is 0 Å². The molecule has 1 atom stereocenters. The number of nitrogens with zero attached hydrogens (tertiary/aromatic N) is 1. The minimum absolute atomic E-state index is 0.0322. The van der Waals surface area contributed by atoms with Crippen molar-refractivity contribution in [3.63, 3.8) is 0 Å². The molecule has 0 spiro atoms. The van der Waals surface area contributed by atoms with Gasteiger partial charge in [0.1, 0.15) is 11.6 Å². The highest BCUT2D eigenvalue weighted by atomic mass is 19.1. The van der Waals surface area contributed by atoms with Crippen molar-refractivity contribution in [3.8, 4) is 11.1 Å². The molecule has 2 aromatic rings. The third-order valence-corrected chi connectivity index (χ3v) is 3.81. The fourth-order valence-electron chi connectivity index (χ4n) is 2.60. The average Bonchev–Trinajstić information content (AvgIpc) is 2.55. The third kappa shape index (κ3) is 3.48. The molecule has 1 saturated heterocycles. The predicted molar refractivity (Wildman–Crippen MR) is 80.3 cm³/mol. The molecule has 1 N–H and O–H groups in total. The Balaban J connectivity index is 1.67. The highest BCUT2D eigenvalue weighted by Gasteiger charge is 2.14. The van der Waals surface area contributed by atoms with Crippen molar-refractivity contribution in [2.45, 2.75) is 25.4 Å². The van der Waals surface area contributed by atoms with Crippen LogP contribution < -0.4 is 5.32 Å². The first-order chi connectivity index (χ1) is 10.7. The summed E-state index contributed by atoms with van der Waals surface area (Å²) in [5, 5.41) is 3.38. The largest absolute Gasteiger partial charge is 0.380 e. The van der Waals surface area contributed by atoms with Gasteiger partial charge in [0, 0.05) is 31.0 Å². The van der Waals surface area contributed by atoms with Gasteiger partial charge in [-0.2, -0.15) is 0 Å². The summed E-state index contributed by atoms with van der Waals surface area (Å²) in [7, 11) is 0. The van der Waals surface area contributed by atoms with Crippen molar-refractivity contribution >= 4 is 0 Å². The lowest BCUT2D eigenvalue weighted by molar-refractivity contribution is 0.0698. The molecule has 1 aliphatic heterocycles. The normalized spacial score (nSPS) is 18.4. The van der Waals surface area contributed by atoms with E-state index in [9.17, 15) is 8.78 Å². The molecule has 1 aromatic carbocycles. The summed E-state index contributed by atoms with van der Waals surface area (Å²) in [6, 6.07) is 7.68. The smallest absolute Gasteiger partial charge is 0.134 e. The minimum atomic E-state index is -0.577. The van der Waals surface area contributed by atoms with E-state index < -0.39 is 11.6 Å². The molecule has 1 aliphatic rings. The fraction of sp³-hybridized carbons (Fsp3) is 0.353. The van der Waals surface area contributed by atoms with E-state index in [4.69, 9.17) is 4.74 Å². The van der Waals surface area contributed by atoms with E-state index in [1.807, 2.05) is 0 Å². The lowest BCUT2D eigenvalue weighted by Crippen LogP contribution is -2.36. The summed E-state index contributed by atoms with van der Waals surface area (Å²) in [4.78, 5) is 4.29. The Labute approximate surface area is 128 Å². The van der Waals surface area contributed by atoms with Crippen LogP contribution in [0.3, 0.4) is 0 Å². The van der Waals surface area contributed by atoms with Crippen molar-refractivity contribution in [3.05, 3.63) is 53.9 Å². The molecule has 0 saturated carbocycles. The van der Waals surface area contributed by atoms with Crippen LogP contribution in [0.2, 0.25) is 0 Å². The number of pyridine rings is 1. The van der Waals surface area contributed by atoms with Crippen molar-refractivity contribution in [2.75, 3.05) is 13.2 Å². The average molecular weight is 304 g/mol. The molecule has 0 radical (unpaired) electrons. The van der Waals surface area contributed by atoms with E-state index in [2.05, 4.69) is 10.3 Å². The van der Waals surface area contributed by atoms with Gasteiger partial charge in [-0.25, -0.2) is 8.78 Å². The van der Waals surface area contributed by atoms with Gasteiger partial charge in [0.25, 0.3) is 0 Å². The van der Waals surface area contributed by atoms with Gasteiger partial charge in [-0.05, 0) is 31.0 Å². The van der Waals surface area contributed by atoms with Gasteiger partial charge < -0.3 is 10.1 Å². The summed E-state index contributed by atoms with van der Waals surface area (Å²) in [6.07, 6.45) is 3.67. The Morgan fingerprint density at radius 3 is 2.64 bits per heavy atom. The van der Waals surface area contributed by atoms with E-state index in [1.165, 1.54) is 24.4 Å². The molecule has 0 aliphatic carbocycles. The zero-order chi connectivity index (χ0) is 15.4. The number of benzene rings is 1. The number of halogens is 2. The SMILES string of the molecule is Fc1cccc(F)c1-c1ccc(CNC2CCCOC2)nc1. The zero-order valence-corrected chi connectivity index (χ0v) is 12.2. The van der Waals surface area contributed by atoms with E-state index >= 15 is 0 Å². The van der Waals surface area contributed by atoms with E-state index in [1.54, 1.807) is 12.1 Å². The molecule has 2 heterocycles. The summed E-state index contributed by atoms with van der Waals surface area (Å²) < 4.78 is 32.9. The molecule has 0 bridgehead atoms. The number of aromatic nitrogens is 1. The van der Waals surface area contributed by atoms with Crippen LogP contribution in [0.15, 0.2) is 36.5 Å². The van der Waals surface area contributed by atoms with Gasteiger partial charge in [0.05, 0.1) is 17.9 Å². The standard InChI is InChI=1S/C17H18F2N2O/c18-15-4-1-5-16(19)17(15)12-6-7-13(20-9-12)10-21-14-3-2-8-22-11-14/h1,4-7,9,14,21H,2-3,8,10-11H2. The van der Waals surface area contributed by atoms with Gasteiger partial charge in [-0.3, -0.25) is 4.98 Å². The first-order valence-corrected chi connectivity index (χ1v) is 7.44. The highest BCUT2D eigenvalue weighted by molar-refractivity contribution is 5.63. The first kappa shape index (κ1) is 15.1. The van der Waals surface area contributed by atoms with Gasteiger partial charge in [0.2, 0.25) is 0 Å². The minimum Gasteiger partial charge on any atom is -0.380 e. The molecule has 1 unspecified atom stereocenters. The van der Waals surface area contributed by atoms with Crippen LogP contribution in [-0.2, 0) is 11.3 Å². The van der Waals surface area contributed by atoms with Crippen LogP contribution in [-0.4, -0.2) is 24.2 Å². The molecule has 3 nitrogen and oxygen atoms in total. The molecule has 0 amide bonds. The quantitative estimate of drug-likeness (QED) is 0.941. The Morgan fingerprint density at radius 1 is 1.18 bits per heavy atom. The van der Waals surface area contributed by atoms with Gasteiger partial charge >= 0.3 is 0 Å². The van der Waals surface area contributed by atoms with E-state index in [0.717, 1.165) is 31.7 Å². The van der Waals surface area contributed by atoms with Crippen LogP contribution >= 0.6 is 0 Å². The number of hydrogen-bond acceptors (Lipinski definition) is 3. The van der Waals surface area contributed by atoms with Crippen LogP contribution in [0.4, 0.5) is 8.78 Å². The second-order valence-corrected chi connectivity index (χ2v) is 5.43. The van der Waals surface area contributed by atoms with Crippen LogP contribution in [0.1, 0.15) is 18.5 Å². The summed E-state index contributed by atoms with van der Waals surface area (Å²) in [6.45, 7) is 2.17. The summed E-state index contributed by atoms with van der Waals surface area (Å²) in [5.74, 6) is -1.15. The zero-order valence-electron chi connectivity index (χ0n) is 12.2. The number of ether oxygens (including phenoxy) is 1. The molecule has 1 fully saturated rings. The lowest BCUT2D eigenvalue weighted by Gasteiger charge is -2.23. The highest BCUT2D eigenvalue weighted by Crippen LogP contribution is 2.25. The van der Waals surface area contributed by atoms with Gasteiger partial charge in [-0.1, -0.05) is 12.1 Å². The molecule has 1 aromatic heterocycles. The van der Waals surface area contributed by atoms with Crippen LogP contribution in [0.25, 0.3) is 11.1 Å². The summed E-state index contributed by atoms with van der Waals surface area (Å²) in [5.41, 5.74) is 1.25. The Morgan fingerprint density at radius 2 is 2.00 bits per heavy atom. The van der Waals surface area contributed by atoms with Crippen molar-refractivity contribution in [1.29, 1.82) is 0 Å². The predicted octanol–water partition coefficient (Wildman–Crippen LogP) is 3.30. The number of hydrogen-bond donors (Lipinski definition) is 1. The molecular weight excluding hydrogens is 286 g/mol. The second-order valence-electron chi connectivity index (χ2n) is 5.43. The topological polar surface area (TPSA) is 34.1 Å². The fourth-order valence-corrected chi connectivity index (χ4v) is 2.60. The lowest BCUT2D eigenvalue weighted by atomic mass is 10.1. The number of rotatable bonds is 4. The van der Waals surface area contributed by atoms with Crippen molar-refractivity contribution in [1.82, 2.24) is 10.3 Å². The molecular formula is C17H18F2N2O. The molecule has 22 heavy (non-hydrogen) atoms. The van der Waals surface area contributed by atoms with E-state index in [-0.39, 0.29) is 5.56 Å². The van der Waals surface area contributed by atoms with Gasteiger partial charge in [-0.15, -0.1) is 0 Å². The number of nitrogens with one attached hydrogen (secondary N) is 1. The molecule has 3 rings (SSSR count). The molecule has 5 heteroatoms. The molecule has 116 valence electrons. The monoisotopic (exact) mass is 304 g/mol. The Bertz CT molecular complexity index is 605. The maximum absolute atomic E-state index is 13.7. The first-order valence-electron chi connectivity index (χ1n) is 7.44. The van der Waals surface area contributed by atoms with Crippen LogP contribution in [0, 0.1) is 11.6 Å². The maximum Gasteiger partial charge on any atom is 0.134 e. The Kier molecular flexibility index (Phi) is 4.75. The maximum atomic E-state index is 13.7. The Hall–Kier alpha value is -1.85. The van der Waals surface area contributed by atoms with E-state index in [0.29, 0.717) is 18.2 Å². The second kappa shape index (κ2) is 6.94.